The molecule has 0 fully saturated rings. The fourth-order valence-corrected chi connectivity index (χ4v) is 6.20. The van der Waals surface area contributed by atoms with Crippen molar-refractivity contribution in [3.63, 3.8) is 0 Å². The minimum Gasteiger partial charge on any atom is -0.497 e. The minimum atomic E-state index is -0.738. The molecule has 0 unspecified atom stereocenters. The number of carbonyl (C=O) groups excluding carboxylic acids is 1. The van der Waals surface area contributed by atoms with E-state index in [1.165, 1.54) is 28.0 Å². The SMILES string of the molecule is COc1ccc([C@@H]2C(C(=O)Nc3ccccc3)=C(C)N=c3s/c(=C/c4ccc(-c5ccc([N+](=O)[O-])cc5C)o4)c(=O)n32)cc1. The Balaban J connectivity index is 1.43. The summed E-state index contributed by atoms with van der Waals surface area (Å²) in [5.74, 6) is 1.24. The molecule has 0 spiro atoms. The lowest BCUT2D eigenvalue weighted by Gasteiger charge is -2.25. The van der Waals surface area contributed by atoms with E-state index in [4.69, 9.17) is 9.15 Å². The number of nitro groups is 1. The van der Waals surface area contributed by atoms with E-state index in [9.17, 15) is 19.7 Å². The number of aromatic nitrogens is 1. The zero-order chi connectivity index (χ0) is 31.0. The number of amides is 1. The number of hydrogen-bond acceptors (Lipinski definition) is 8. The van der Waals surface area contributed by atoms with Crippen LogP contribution < -0.4 is 24.9 Å². The molecule has 0 saturated carbocycles. The molecule has 1 aliphatic rings. The van der Waals surface area contributed by atoms with E-state index in [-0.39, 0.29) is 17.2 Å². The third kappa shape index (κ3) is 5.36. The Morgan fingerprint density at radius 1 is 1.07 bits per heavy atom. The number of nitrogens with one attached hydrogen (secondary N) is 1. The van der Waals surface area contributed by atoms with Crippen molar-refractivity contribution in [2.45, 2.75) is 19.9 Å². The zero-order valence-electron chi connectivity index (χ0n) is 23.9. The average molecular weight is 607 g/mol. The average Bonchev–Trinajstić information content (AvgIpc) is 3.60. The van der Waals surface area contributed by atoms with Crippen molar-refractivity contribution < 1.29 is 18.9 Å². The summed E-state index contributed by atoms with van der Waals surface area (Å²) in [5, 5.41) is 14.1. The molecule has 0 saturated heterocycles. The molecule has 0 aliphatic carbocycles. The van der Waals surface area contributed by atoms with Gasteiger partial charge in [0.05, 0.1) is 33.9 Å². The van der Waals surface area contributed by atoms with Gasteiger partial charge in [0.25, 0.3) is 17.2 Å². The van der Waals surface area contributed by atoms with Crippen molar-refractivity contribution >= 4 is 34.7 Å². The third-order valence-corrected chi connectivity index (χ3v) is 8.30. The van der Waals surface area contributed by atoms with Crippen LogP contribution in [-0.2, 0) is 4.79 Å². The number of non-ortho nitro benzene ring substituents is 1. The molecule has 1 aliphatic heterocycles. The topological polar surface area (TPSA) is 129 Å². The van der Waals surface area contributed by atoms with Gasteiger partial charge in [0.2, 0.25) is 0 Å². The maximum atomic E-state index is 14.0. The first-order valence-corrected chi connectivity index (χ1v) is 14.4. The first-order chi connectivity index (χ1) is 21.2. The molecule has 220 valence electrons. The number of carbonyl (C=O) groups is 1. The summed E-state index contributed by atoms with van der Waals surface area (Å²) in [4.78, 5) is 43.5. The van der Waals surface area contributed by atoms with Crippen LogP contribution in [0.4, 0.5) is 11.4 Å². The van der Waals surface area contributed by atoms with Crippen LogP contribution in [0.15, 0.2) is 110 Å². The van der Waals surface area contributed by atoms with Gasteiger partial charge >= 0.3 is 0 Å². The lowest BCUT2D eigenvalue weighted by molar-refractivity contribution is -0.384. The maximum Gasteiger partial charge on any atom is 0.271 e. The van der Waals surface area contributed by atoms with Gasteiger partial charge < -0.3 is 14.5 Å². The standard InChI is InChI=1S/C33H26N4O6S/c1-19-17-23(37(40)41)11-15-26(19)27-16-14-25(43-27)18-28-32(39)36-30(21-9-12-24(42-3)13-10-21)29(20(2)34-33(36)44-28)31(38)35-22-7-5-4-6-8-22/h4-18,30H,1-3H3,(H,35,38)/b28-18+/t30-/m1/s1. The van der Waals surface area contributed by atoms with Gasteiger partial charge in [-0.15, -0.1) is 0 Å². The van der Waals surface area contributed by atoms with Gasteiger partial charge in [0, 0.05) is 29.5 Å². The van der Waals surface area contributed by atoms with E-state index in [1.54, 1.807) is 69.5 Å². The second kappa shape index (κ2) is 11.6. The second-order valence-electron chi connectivity index (χ2n) is 10.1. The fraction of sp³-hybridized carbons (Fsp3) is 0.121. The molecule has 1 amide bonds. The number of nitrogens with zero attached hydrogens (tertiary/aromatic N) is 3. The van der Waals surface area contributed by atoms with Crippen molar-refractivity contribution in [2.24, 2.45) is 4.99 Å². The number of nitro benzene ring substituents is 1. The van der Waals surface area contributed by atoms with Crippen LogP contribution >= 0.6 is 11.3 Å². The van der Waals surface area contributed by atoms with E-state index in [0.717, 1.165) is 5.56 Å². The Kier molecular flexibility index (Phi) is 7.54. The Hall–Kier alpha value is -5.55. The monoisotopic (exact) mass is 606 g/mol. The highest BCUT2D eigenvalue weighted by molar-refractivity contribution is 7.07. The molecule has 10 nitrogen and oxygen atoms in total. The molecule has 1 atom stereocenters. The number of para-hydroxylation sites is 1. The molecule has 2 aromatic heterocycles. The van der Waals surface area contributed by atoms with Gasteiger partial charge in [0.15, 0.2) is 4.80 Å². The molecule has 11 heteroatoms. The number of aryl methyl sites for hydroxylation is 1. The van der Waals surface area contributed by atoms with Crippen LogP contribution in [0, 0.1) is 17.0 Å². The first-order valence-electron chi connectivity index (χ1n) is 13.6. The number of hydrogen-bond donors (Lipinski definition) is 1. The number of furan rings is 1. The molecule has 0 bridgehead atoms. The van der Waals surface area contributed by atoms with Crippen LogP contribution in [0.5, 0.6) is 5.75 Å². The number of fused-ring (bicyclic) bond motifs is 1. The summed E-state index contributed by atoms with van der Waals surface area (Å²) >= 11 is 1.20. The Morgan fingerprint density at radius 3 is 2.50 bits per heavy atom. The largest absolute Gasteiger partial charge is 0.497 e. The van der Waals surface area contributed by atoms with Gasteiger partial charge in [-0.2, -0.15) is 0 Å². The molecule has 3 aromatic carbocycles. The Labute approximate surface area is 255 Å². The van der Waals surface area contributed by atoms with E-state index < -0.39 is 11.0 Å². The summed E-state index contributed by atoms with van der Waals surface area (Å²) < 4.78 is 13.3. The quantitative estimate of drug-likeness (QED) is 0.196. The van der Waals surface area contributed by atoms with Crippen LogP contribution in [0.3, 0.4) is 0 Å². The van der Waals surface area contributed by atoms with Gasteiger partial charge in [-0.3, -0.25) is 24.3 Å². The summed E-state index contributed by atoms with van der Waals surface area (Å²) in [6.07, 6.45) is 1.64. The number of allylic oxidation sites excluding steroid dienone is 1. The predicted molar refractivity (Wildman–Crippen MR) is 167 cm³/mol. The number of rotatable bonds is 7. The van der Waals surface area contributed by atoms with Crippen molar-refractivity contribution in [3.05, 3.63) is 143 Å². The molecule has 6 rings (SSSR count). The number of anilines is 1. The van der Waals surface area contributed by atoms with Crippen molar-refractivity contribution in [3.8, 4) is 17.1 Å². The molecule has 5 aromatic rings. The van der Waals surface area contributed by atoms with Crippen LogP contribution in [-0.4, -0.2) is 22.5 Å². The first kappa shape index (κ1) is 28.6. The smallest absolute Gasteiger partial charge is 0.271 e. The lowest BCUT2D eigenvalue weighted by atomic mass is 9.95. The number of ether oxygens (including phenoxy) is 1. The molecular formula is C33H26N4O6S. The van der Waals surface area contributed by atoms with E-state index in [2.05, 4.69) is 10.3 Å². The summed E-state index contributed by atoms with van der Waals surface area (Å²) in [5.41, 5.74) is 3.28. The predicted octanol–water partition coefficient (Wildman–Crippen LogP) is 5.36. The number of thiazole rings is 1. The van der Waals surface area contributed by atoms with E-state index >= 15 is 0 Å². The summed E-state index contributed by atoms with van der Waals surface area (Å²) in [6.45, 7) is 3.54. The molecule has 3 heterocycles. The summed E-state index contributed by atoms with van der Waals surface area (Å²) in [7, 11) is 1.57. The zero-order valence-corrected chi connectivity index (χ0v) is 24.8. The van der Waals surface area contributed by atoms with E-state index in [0.29, 0.717) is 54.7 Å². The van der Waals surface area contributed by atoms with Crippen LogP contribution in [0.2, 0.25) is 0 Å². The molecular weight excluding hydrogens is 580 g/mol. The van der Waals surface area contributed by atoms with Crippen molar-refractivity contribution in [2.75, 3.05) is 12.4 Å². The third-order valence-electron chi connectivity index (χ3n) is 7.32. The Bertz CT molecular complexity index is 2130. The highest BCUT2D eigenvalue weighted by atomic mass is 32.1. The van der Waals surface area contributed by atoms with Crippen LogP contribution in [0.1, 0.15) is 29.9 Å². The van der Waals surface area contributed by atoms with Crippen molar-refractivity contribution in [1.82, 2.24) is 4.57 Å². The summed E-state index contributed by atoms with van der Waals surface area (Å²) in [6, 6.07) is 23.7. The highest BCUT2D eigenvalue weighted by Gasteiger charge is 2.32. The fourth-order valence-electron chi connectivity index (χ4n) is 5.18. The number of methoxy groups -OCH3 is 1. The highest BCUT2D eigenvalue weighted by Crippen LogP contribution is 2.32. The van der Waals surface area contributed by atoms with Gasteiger partial charge in [-0.25, -0.2) is 4.99 Å². The normalized spacial score (nSPS) is 14.6. The maximum absolute atomic E-state index is 14.0. The van der Waals surface area contributed by atoms with Crippen LogP contribution in [0.25, 0.3) is 17.4 Å². The van der Waals surface area contributed by atoms with Gasteiger partial charge in [-0.05, 0) is 67.4 Å². The van der Waals surface area contributed by atoms with Crippen molar-refractivity contribution in [1.29, 1.82) is 0 Å². The molecule has 44 heavy (non-hydrogen) atoms. The molecule has 1 N–H and O–H groups in total. The lowest BCUT2D eigenvalue weighted by Crippen LogP contribution is -2.40. The van der Waals surface area contributed by atoms with Gasteiger partial charge in [0.1, 0.15) is 17.3 Å². The molecule has 0 radical (unpaired) electrons. The van der Waals surface area contributed by atoms with Gasteiger partial charge in [-0.1, -0.05) is 41.7 Å². The minimum absolute atomic E-state index is 0.00216. The number of benzene rings is 3. The Morgan fingerprint density at radius 2 is 1.82 bits per heavy atom. The second-order valence-corrected chi connectivity index (χ2v) is 11.1. The van der Waals surface area contributed by atoms with E-state index in [1.807, 2.05) is 30.3 Å².